The molecule has 0 aliphatic rings. The molecule has 0 unspecified atom stereocenters. The molecule has 0 bridgehead atoms. The molecule has 0 spiro atoms. The summed E-state index contributed by atoms with van der Waals surface area (Å²) in [6, 6.07) is 6.71. The molecule has 0 atom stereocenters. The summed E-state index contributed by atoms with van der Waals surface area (Å²) in [5.74, 6) is 0.148. The van der Waals surface area contributed by atoms with Gasteiger partial charge in [0.15, 0.2) is 11.5 Å². The fraction of sp³-hybridized carbons (Fsp3) is 0.300. The first-order valence-electron chi connectivity index (χ1n) is 8.62. The van der Waals surface area contributed by atoms with Crippen molar-refractivity contribution < 1.29 is 23.8 Å². The molecule has 1 N–H and O–H groups in total. The van der Waals surface area contributed by atoms with Crippen LogP contribution in [0.3, 0.4) is 0 Å². The first-order valence-corrected chi connectivity index (χ1v) is 8.62. The van der Waals surface area contributed by atoms with E-state index in [2.05, 4.69) is 15.5 Å². The van der Waals surface area contributed by atoms with Crippen LogP contribution in [-0.2, 0) is 4.74 Å². The molecule has 0 aliphatic heterocycles. The number of aromatic nitrogens is 1. The minimum Gasteiger partial charge on any atom is -0.493 e. The predicted molar refractivity (Wildman–Crippen MR) is 104 cm³/mol. The molecule has 2 aromatic rings. The minimum absolute atomic E-state index is 0.239. The number of hydrogen-bond donors (Lipinski definition) is 1. The molecular weight excluding hydrogens is 362 g/mol. The second kappa shape index (κ2) is 9.50. The van der Waals surface area contributed by atoms with Crippen LogP contribution in [-0.4, -0.2) is 43.9 Å². The van der Waals surface area contributed by atoms with Gasteiger partial charge in [-0.1, -0.05) is 0 Å². The molecule has 0 saturated heterocycles. The number of hydrogen-bond acceptors (Lipinski definition) is 7. The molecule has 1 aromatic heterocycles. The van der Waals surface area contributed by atoms with Crippen molar-refractivity contribution in [2.45, 2.75) is 20.8 Å². The molecular formula is C20H23N3O5. The molecule has 1 aromatic carbocycles. The summed E-state index contributed by atoms with van der Waals surface area (Å²) in [7, 11) is 3.09. The highest BCUT2D eigenvalue weighted by Crippen LogP contribution is 2.26. The van der Waals surface area contributed by atoms with Gasteiger partial charge < -0.3 is 14.2 Å². The number of hydrazone groups is 1. The minimum atomic E-state index is -0.518. The van der Waals surface area contributed by atoms with Crippen molar-refractivity contribution in [2.24, 2.45) is 5.10 Å². The highest BCUT2D eigenvalue weighted by molar-refractivity contribution is 5.99. The van der Waals surface area contributed by atoms with Gasteiger partial charge in [-0.2, -0.15) is 5.10 Å². The van der Waals surface area contributed by atoms with E-state index in [0.29, 0.717) is 28.5 Å². The molecule has 28 heavy (non-hydrogen) atoms. The number of benzene rings is 1. The number of ether oxygens (including phenoxy) is 3. The number of aryl methyl sites for hydroxylation is 2. The van der Waals surface area contributed by atoms with Gasteiger partial charge in [0.05, 0.1) is 49.6 Å². The molecule has 0 saturated carbocycles. The lowest BCUT2D eigenvalue weighted by molar-refractivity contribution is 0.0525. The quantitative estimate of drug-likeness (QED) is 0.447. The summed E-state index contributed by atoms with van der Waals surface area (Å²) in [6.45, 7) is 5.33. The van der Waals surface area contributed by atoms with Crippen LogP contribution < -0.4 is 14.9 Å². The van der Waals surface area contributed by atoms with E-state index >= 15 is 0 Å². The van der Waals surface area contributed by atoms with Crippen molar-refractivity contribution in [3.05, 3.63) is 52.3 Å². The normalized spacial score (nSPS) is 10.6. The Kier molecular flexibility index (Phi) is 7.08. The molecule has 8 heteroatoms. The van der Waals surface area contributed by atoms with E-state index in [1.54, 1.807) is 46.1 Å². The number of pyridine rings is 1. The van der Waals surface area contributed by atoms with Gasteiger partial charge in [0.1, 0.15) is 0 Å². The molecule has 1 heterocycles. The largest absolute Gasteiger partial charge is 0.493 e. The highest BCUT2D eigenvalue weighted by Gasteiger charge is 2.18. The number of esters is 1. The van der Waals surface area contributed by atoms with E-state index in [0.717, 1.165) is 0 Å². The molecule has 0 aliphatic carbocycles. The fourth-order valence-corrected chi connectivity index (χ4v) is 2.53. The maximum Gasteiger partial charge on any atom is 0.339 e. The maximum absolute atomic E-state index is 12.5. The van der Waals surface area contributed by atoms with Crippen molar-refractivity contribution in [3.63, 3.8) is 0 Å². The summed E-state index contributed by atoms with van der Waals surface area (Å²) >= 11 is 0. The topological polar surface area (TPSA) is 99.1 Å². The number of nitrogens with zero attached hydrogens (tertiary/aromatic N) is 2. The van der Waals surface area contributed by atoms with Crippen LogP contribution in [0.15, 0.2) is 29.4 Å². The molecule has 1 amide bonds. The van der Waals surface area contributed by atoms with Crippen molar-refractivity contribution in [2.75, 3.05) is 20.8 Å². The Morgan fingerprint density at radius 2 is 1.75 bits per heavy atom. The van der Waals surface area contributed by atoms with Gasteiger partial charge in [-0.05, 0) is 50.6 Å². The third kappa shape index (κ3) is 4.85. The molecule has 8 nitrogen and oxygen atoms in total. The zero-order valence-corrected chi connectivity index (χ0v) is 16.5. The van der Waals surface area contributed by atoms with Gasteiger partial charge in [0.25, 0.3) is 5.91 Å². The van der Waals surface area contributed by atoms with Crippen molar-refractivity contribution in [1.82, 2.24) is 10.4 Å². The van der Waals surface area contributed by atoms with Crippen molar-refractivity contribution >= 4 is 18.1 Å². The zero-order valence-electron chi connectivity index (χ0n) is 16.5. The first-order chi connectivity index (χ1) is 13.4. The van der Waals surface area contributed by atoms with E-state index in [1.165, 1.54) is 19.4 Å². The SMILES string of the molecule is CCOC(=O)c1cc(C(=O)N/N=C/c2ccc(OC)c(OC)c2)c(C)nc1C. The lowest BCUT2D eigenvalue weighted by Crippen LogP contribution is -2.21. The van der Waals surface area contributed by atoms with Gasteiger partial charge in [-0.3, -0.25) is 9.78 Å². The van der Waals surface area contributed by atoms with Crippen LogP contribution in [0, 0.1) is 13.8 Å². The van der Waals surface area contributed by atoms with Crippen LogP contribution in [0.4, 0.5) is 0 Å². The van der Waals surface area contributed by atoms with Crippen LogP contribution in [0.25, 0.3) is 0 Å². The van der Waals surface area contributed by atoms with Crippen LogP contribution in [0.1, 0.15) is 44.6 Å². The molecule has 0 fully saturated rings. The number of carbonyl (C=O) groups is 2. The Morgan fingerprint density at radius 1 is 1.07 bits per heavy atom. The summed E-state index contributed by atoms with van der Waals surface area (Å²) in [4.78, 5) is 28.7. The average molecular weight is 385 g/mol. The Balaban J connectivity index is 2.18. The van der Waals surface area contributed by atoms with E-state index < -0.39 is 11.9 Å². The predicted octanol–water partition coefficient (Wildman–Crippen LogP) is 2.66. The second-order valence-electron chi connectivity index (χ2n) is 5.79. The Bertz CT molecular complexity index is 909. The average Bonchev–Trinajstić information content (AvgIpc) is 2.67. The smallest absolute Gasteiger partial charge is 0.339 e. The molecule has 148 valence electrons. The number of rotatable bonds is 7. The van der Waals surface area contributed by atoms with Gasteiger partial charge in [-0.25, -0.2) is 10.2 Å². The van der Waals surface area contributed by atoms with Crippen LogP contribution in [0.5, 0.6) is 11.5 Å². The van der Waals surface area contributed by atoms with E-state index in [-0.39, 0.29) is 17.7 Å². The molecule has 0 radical (unpaired) electrons. The van der Waals surface area contributed by atoms with Crippen molar-refractivity contribution in [3.8, 4) is 11.5 Å². The second-order valence-corrected chi connectivity index (χ2v) is 5.79. The summed E-state index contributed by atoms with van der Waals surface area (Å²) in [5, 5.41) is 3.96. The third-order valence-electron chi connectivity index (χ3n) is 3.93. The lowest BCUT2D eigenvalue weighted by atomic mass is 10.1. The highest BCUT2D eigenvalue weighted by atomic mass is 16.5. The third-order valence-corrected chi connectivity index (χ3v) is 3.93. The monoisotopic (exact) mass is 385 g/mol. The van der Waals surface area contributed by atoms with Crippen molar-refractivity contribution in [1.29, 1.82) is 0 Å². The zero-order chi connectivity index (χ0) is 20.7. The van der Waals surface area contributed by atoms with E-state index in [4.69, 9.17) is 14.2 Å². The standard InChI is InChI=1S/C20H23N3O5/c1-6-28-20(25)16-10-15(12(2)22-13(16)3)19(24)23-21-11-14-7-8-17(26-4)18(9-14)27-5/h7-11H,6H2,1-5H3,(H,23,24)/b21-11+. The van der Waals surface area contributed by atoms with Gasteiger partial charge in [0, 0.05) is 0 Å². The van der Waals surface area contributed by atoms with Gasteiger partial charge >= 0.3 is 5.97 Å². The van der Waals surface area contributed by atoms with Crippen LogP contribution >= 0.6 is 0 Å². The Hall–Kier alpha value is -3.42. The Morgan fingerprint density at radius 3 is 2.39 bits per heavy atom. The number of methoxy groups -OCH3 is 2. The molecule has 2 rings (SSSR count). The number of carbonyl (C=O) groups excluding carboxylic acids is 2. The summed E-state index contributed by atoms with van der Waals surface area (Å²) in [6.07, 6.45) is 1.48. The summed E-state index contributed by atoms with van der Waals surface area (Å²) in [5.41, 5.74) is 4.64. The summed E-state index contributed by atoms with van der Waals surface area (Å²) < 4.78 is 15.4. The van der Waals surface area contributed by atoms with Gasteiger partial charge in [-0.15, -0.1) is 0 Å². The van der Waals surface area contributed by atoms with Gasteiger partial charge in [0.2, 0.25) is 0 Å². The first kappa shape index (κ1) is 20.9. The van der Waals surface area contributed by atoms with E-state index in [9.17, 15) is 9.59 Å². The van der Waals surface area contributed by atoms with E-state index in [1.807, 2.05) is 0 Å². The Labute approximate surface area is 163 Å². The number of nitrogens with one attached hydrogen (secondary N) is 1. The maximum atomic E-state index is 12.5. The van der Waals surface area contributed by atoms with Crippen LogP contribution in [0.2, 0.25) is 0 Å². The number of amides is 1. The fourth-order valence-electron chi connectivity index (χ4n) is 2.53. The lowest BCUT2D eigenvalue weighted by Gasteiger charge is -2.10.